The summed E-state index contributed by atoms with van der Waals surface area (Å²) in [4.78, 5) is 11.0. The molecule has 68 valence electrons. The van der Waals surface area contributed by atoms with E-state index in [1.807, 2.05) is 30.3 Å². The molecule has 0 aliphatic rings. The number of nitrogens with zero attached hydrogens (tertiary/aromatic N) is 3. The molecular weight excluding hydrogens is 170 g/mol. The molecule has 0 spiro atoms. The van der Waals surface area contributed by atoms with Crippen molar-refractivity contribution < 1.29 is 9.90 Å². The highest BCUT2D eigenvalue weighted by Gasteiger charge is 1.83. The Bertz CT molecular complexity index is 281. The van der Waals surface area contributed by atoms with Gasteiger partial charge in [0, 0.05) is 4.91 Å². The Morgan fingerprint density at radius 2 is 2.00 bits per heavy atom. The van der Waals surface area contributed by atoms with Crippen molar-refractivity contribution in [3.05, 3.63) is 46.3 Å². The summed E-state index contributed by atoms with van der Waals surface area (Å²) in [6.45, 7) is 0.192. The second-order valence-corrected chi connectivity index (χ2v) is 1.98. The molecule has 0 heterocycles. The smallest absolute Gasteiger partial charge is 0.290 e. The summed E-state index contributed by atoms with van der Waals surface area (Å²) in [5.74, 6) is 0. The van der Waals surface area contributed by atoms with Gasteiger partial charge in [-0.1, -0.05) is 35.4 Å². The van der Waals surface area contributed by atoms with Gasteiger partial charge in [-0.3, -0.25) is 4.79 Å². The number of hydrogen-bond donors (Lipinski definition) is 1. The monoisotopic (exact) mass is 179 g/mol. The molecule has 0 aliphatic heterocycles. The Morgan fingerprint density at radius 3 is 2.46 bits per heavy atom. The molecule has 0 unspecified atom stereocenters. The quantitative estimate of drug-likeness (QED) is 0.326. The molecule has 5 heteroatoms. The molecule has 0 atom stereocenters. The summed E-state index contributed by atoms with van der Waals surface area (Å²) in [5.41, 5.74) is 9.03. The molecule has 0 saturated heterocycles. The Balaban J connectivity index is 0.000000424. The predicted octanol–water partition coefficient (Wildman–Crippen LogP) is 2.20. The molecule has 1 aromatic rings. The number of azide groups is 1. The number of benzene rings is 1. The highest BCUT2D eigenvalue weighted by atomic mass is 16.3. The fraction of sp³-hybridized carbons (Fsp3) is 0.125. The van der Waals surface area contributed by atoms with Crippen molar-refractivity contribution in [1.82, 2.24) is 0 Å². The van der Waals surface area contributed by atoms with E-state index in [0.717, 1.165) is 5.56 Å². The van der Waals surface area contributed by atoms with Crippen molar-refractivity contribution in [2.24, 2.45) is 5.11 Å². The average Bonchev–Trinajstić information content (AvgIpc) is 2.18. The van der Waals surface area contributed by atoms with Crippen molar-refractivity contribution in [2.75, 3.05) is 0 Å². The third kappa shape index (κ3) is 6.40. The van der Waals surface area contributed by atoms with Crippen LogP contribution >= 0.6 is 0 Å². The van der Waals surface area contributed by atoms with Crippen LogP contribution < -0.4 is 0 Å². The van der Waals surface area contributed by atoms with Gasteiger partial charge in [-0.05, 0) is 11.1 Å². The van der Waals surface area contributed by atoms with Gasteiger partial charge >= 0.3 is 0 Å². The summed E-state index contributed by atoms with van der Waals surface area (Å²) in [6.07, 6.45) is 0. The lowest BCUT2D eigenvalue weighted by Gasteiger charge is -1.90. The molecule has 0 fully saturated rings. The van der Waals surface area contributed by atoms with E-state index < -0.39 is 0 Å². The fourth-order valence-electron chi connectivity index (χ4n) is 0.697. The molecule has 0 bridgehead atoms. The highest BCUT2D eigenvalue weighted by Crippen LogP contribution is 1.99. The third-order valence-corrected chi connectivity index (χ3v) is 1.16. The minimum atomic E-state index is -0.250. The minimum absolute atomic E-state index is 0.250. The van der Waals surface area contributed by atoms with E-state index in [1.54, 1.807) is 0 Å². The molecule has 0 aromatic heterocycles. The van der Waals surface area contributed by atoms with Gasteiger partial charge in [-0.2, -0.15) is 0 Å². The standard InChI is InChI=1S/C7H7N3.CH2O2/c8-10-9-6-7-4-2-1-3-5-7;2-1-3/h1-5H,6H2;1H,(H,2,3). The van der Waals surface area contributed by atoms with Gasteiger partial charge in [0.2, 0.25) is 0 Å². The maximum absolute atomic E-state index is 8.36. The maximum atomic E-state index is 8.36. The van der Waals surface area contributed by atoms with Gasteiger partial charge in [-0.25, -0.2) is 0 Å². The van der Waals surface area contributed by atoms with Crippen LogP contribution in [0.5, 0.6) is 0 Å². The first-order chi connectivity index (χ1) is 6.35. The average molecular weight is 179 g/mol. The SMILES string of the molecule is O=CO.[N-]=[N+]=NCc1ccccc1. The lowest BCUT2D eigenvalue weighted by Crippen LogP contribution is -1.75. The van der Waals surface area contributed by atoms with Crippen LogP contribution in [0, 0.1) is 0 Å². The molecule has 0 saturated carbocycles. The van der Waals surface area contributed by atoms with Gasteiger partial charge in [0.1, 0.15) is 0 Å². The third-order valence-electron chi connectivity index (χ3n) is 1.16. The largest absolute Gasteiger partial charge is 0.483 e. The molecule has 1 aromatic carbocycles. The summed E-state index contributed by atoms with van der Waals surface area (Å²) in [7, 11) is 0. The normalized spacial score (nSPS) is 7.38. The zero-order valence-corrected chi connectivity index (χ0v) is 6.87. The van der Waals surface area contributed by atoms with Crippen molar-refractivity contribution in [3.63, 3.8) is 0 Å². The Labute approximate surface area is 75.3 Å². The van der Waals surface area contributed by atoms with E-state index in [9.17, 15) is 0 Å². The van der Waals surface area contributed by atoms with Crippen molar-refractivity contribution in [1.29, 1.82) is 0 Å². The van der Waals surface area contributed by atoms with Gasteiger partial charge in [-0.15, -0.1) is 0 Å². The number of carboxylic acid groups (broad SMARTS) is 1. The Kier molecular flexibility index (Phi) is 6.85. The van der Waals surface area contributed by atoms with E-state index in [4.69, 9.17) is 15.4 Å². The zero-order valence-electron chi connectivity index (χ0n) is 6.87. The van der Waals surface area contributed by atoms with Crippen LogP contribution in [0.3, 0.4) is 0 Å². The summed E-state index contributed by atoms with van der Waals surface area (Å²) in [6, 6.07) is 9.62. The summed E-state index contributed by atoms with van der Waals surface area (Å²) in [5, 5.41) is 10.3. The lowest BCUT2D eigenvalue weighted by atomic mass is 10.2. The van der Waals surface area contributed by atoms with E-state index in [2.05, 4.69) is 10.0 Å². The minimum Gasteiger partial charge on any atom is -0.483 e. The Morgan fingerprint density at radius 1 is 1.46 bits per heavy atom. The summed E-state index contributed by atoms with van der Waals surface area (Å²) < 4.78 is 0. The topological polar surface area (TPSA) is 86.1 Å². The van der Waals surface area contributed by atoms with Crippen LogP contribution in [0.25, 0.3) is 10.4 Å². The summed E-state index contributed by atoms with van der Waals surface area (Å²) >= 11 is 0. The van der Waals surface area contributed by atoms with Gasteiger partial charge < -0.3 is 5.11 Å². The lowest BCUT2D eigenvalue weighted by molar-refractivity contribution is -0.122. The first-order valence-corrected chi connectivity index (χ1v) is 3.47. The van der Waals surface area contributed by atoms with Crippen molar-refractivity contribution in [2.45, 2.75) is 6.54 Å². The molecule has 5 nitrogen and oxygen atoms in total. The van der Waals surface area contributed by atoms with Crippen LogP contribution in [0.1, 0.15) is 5.56 Å². The van der Waals surface area contributed by atoms with Crippen LogP contribution in [0.4, 0.5) is 0 Å². The molecule has 1 rings (SSSR count). The first-order valence-electron chi connectivity index (χ1n) is 3.47. The number of carbonyl (C=O) groups is 1. The zero-order chi connectivity index (χ0) is 9.94. The molecule has 1 N–H and O–H groups in total. The second-order valence-electron chi connectivity index (χ2n) is 1.98. The van der Waals surface area contributed by atoms with E-state index in [0.29, 0.717) is 6.54 Å². The second kappa shape index (κ2) is 8.10. The molecule has 0 aliphatic carbocycles. The van der Waals surface area contributed by atoms with Gasteiger partial charge in [0.05, 0.1) is 6.54 Å². The van der Waals surface area contributed by atoms with Crippen LogP contribution in [0.2, 0.25) is 0 Å². The fourth-order valence-corrected chi connectivity index (χ4v) is 0.697. The van der Waals surface area contributed by atoms with E-state index in [-0.39, 0.29) is 6.47 Å². The van der Waals surface area contributed by atoms with Gasteiger partial charge in [0.15, 0.2) is 0 Å². The maximum Gasteiger partial charge on any atom is 0.290 e. The highest BCUT2D eigenvalue weighted by molar-refractivity contribution is 5.32. The van der Waals surface area contributed by atoms with Crippen molar-refractivity contribution in [3.8, 4) is 0 Å². The van der Waals surface area contributed by atoms with Crippen LogP contribution in [-0.4, -0.2) is 11.6 Å². The number of hydrogen-bond acceptors (Lipinski definition) is 2. The van der Waals surface area contributed by atoms with Crippen LogP contribution in [0.15, 0.2) is 35.4 Å². The molecule has 0 radical (unpaired) electrons. The molecular formula is C8H9N3O2. The number of rotatable bonds is 2. The van der Waals surface area contributed by atoms with E-state index in [1.165, 1.54) is 0 Å². The van der Waals surface area contributed by atoms with Crippen LogP contribution in [-0.2, 0) is 11.3 Å². The molecule has 13 heavy (non-hydrogen) atoms. The molecule has 0 amide bonds. The van der Waals surface area contributed by atoms with E-state index >= 15 is 0 Å². The van der Waals surface area contributed by atoms with Gasteiger partial charge in [0.25, 0.3) is 6.47 Å². The Hall–Kier alpha value is -2.00. The van der Waals surface area contributed by atoms with Crippen molar-refractivity contribution >= 4 is 6.47 Å². The first kappa shape index (κ1) is 11.0. The predicted molar refractivity (Wildman–Crippen MR) is 48.0 cm³/mol.